The van der Waals surface area contributed by atoms with Crippen LogP contribution >= 0.6 is 11.6 Å². The van der Waals surface area contributed by atoms with Crippen LogP contribution in [0.3, 0.4) is 0 Å². The minimum Gasteiger partial charge on any atom is -0.369 e. The molecule has 0 aliphatic carbocycles. The van der Waals surface area contributed by atoms with E-state index in [2.05, 4.69) is 4.99 Å². The van der Waals surface area contributed by atoms with Gasteiger partial charge in [-0.2, -0.15) is 0 Å². The average molecular weight is 211 g/mol. The number of halogens is 1. The minimum absolute atomic E-state index is 0.451. The van der Waals surface area contributed by atoms with E-state index in [1.54, 1.807) is 30.6 Å². The predicted molar refractivity (Wildman–Crippen MR) is 58.5 cm³/mol. The van der Waals surface area contributed by atoms with Gasteiger partial charge in [-0.05, 0) is 35.9 Å². The van der Waals surface area contributed by atoms with Crippen LogP contribution in [0.4, 0.5) is 5.69 Å². The molecule has 0 radical (unpaired) electrons. The second-order valence-electron chi connectivity index (χ2n) is 3.03. The van der Waals surface area contributed by atoms with Crippen molar-refractivity contribution in [1.82, 2.24) is 4.90 Å². The quantitative estimate of drug-likeness (QED) is 0.436. The third-order valence-electron chi connectivity index (χ3n) is 1.53. The summed E-state index contributed by atoms with van der Waals surface area (Å²) in [5.74, 6) is 0. The standard InChI is InChI=1S/C10H11ClN2O/c1-13(2)7-12-9-5-3-8(4-6-9)10(11)14/h3-7H,1-2H3. The molecular formula is C10H11ClN2O. The Bertz CT molecular complexity index is 344. The van der Waals surface area contributed by atoms with Crippen molar-refractivity contribution in [2.24, 2.45) is 4.99 Å². The molecule has 0 aliphatic heterocycles. The van der Waals surface area contributed by atoms with Crippen LogP contribution in [0.25, 0.3) is 0 Å². The van der Waals surface area contributed by atoms with Crippen LogP contribution in [0.5, 0.6) is 0 Å². The van der Waals surface area contributed by atoms with Crippen molar-refractivity contribution < 1.29 is 4.79 Å². The van der Waals surface area contributed by atoms with E-state index in [1.807, 2.05) is 19.0 Å². The van der Waals surface area contributed by atoms with E-state index in [0.717, 1.165) is 5.69 Å². The Hall–Kier alpha value is -1.35. The molecule has 0 heterocycles. The van der Waals surface area contributed by atoms with Crippen molar-refractivity contribution in [3.8, 4) is 0 Å². The molecular weight excluding hydrogens is 200 g/mol. The van der Waals surface area contributed by atoms with Gasteiger partial charge in [0, 0.05) is 19.7 Å². The number of hydrogen-bond acceptors (Lipinski definition) is 2. The first-order valence-electron chi connectivity index (χ1n) is 4.10. The highest BCUT2D eigenvalue weighted by atomic mass is 35.5. The molecule has 0 aliphatic rings. The summed E-state index contributed by atoms with van der Waals surface area (Å²) in [4.78, 5) is 16.7. The molecule has 0 N–H and O–H groups in total. The van der Waals surface area contributed by atoms with Crippen molar-refractivity contribution >= 4 is 28.9 Å². The first kappa shape index (κ1) is 10.7. The Balaban J connectivity index is 2.78. The van der Waals surface area contributed by atoms with Gasteiger partial charge in [0.15, 0.2) is 0 Å². The second-order valence-corrected chi connectivity index (χ2v) is 3.37. The van der Waals surface area contributed by atoms with Gasteiger partial charge in [0.05, 0.1) is 12.0 Å². The fourth-order valence-electron chi connectivity index (χ4n) is 0.861. The molecule has 14 heavy (non-hydrogen) atoms. The van der Waals surface area contributed by atoms with E-state index < -0.39 is 5.24 Å². The summed E-state index contributed by atoms with van der Waals surface area (Å²) in [6, 6.07) is 6.79. The fourth-order valence-corrected chi connectivity index (χ4v) is 0.987. The smallest absolute Gasteiger partial charge is 0.252 e. The second kappa shape index (κ2) is 4.77. The van der Waals surface area contributed by atoms with E-state index in [4.69, 9.17) is 11.6 Å². The van der Waals surface area contributed by atoms with Crippen LogP contribution in [-0.2, 0) is 0 Å². The largest absolute Gasteiger partial charge is 0.369 e. The van der Waals surface area contributed by atoms with Crippen LogP contribution < -0.4 is 0 Å². The number of carbonyl (C=O) groups excluding carboxylic acids is 1. The van der Waals surface area contributed by atoms with Gasteiger partial charge in [0.2, 0.25) is 0 Å². The number of rotatable bonds is 3. The van der Waals surface area contributed by atoms with Gasteiger partial charge in [-0.3, -0.25) is 4.79 Å². The Morgan fingerprint density at radius 1 is 1.36 bits per heavy atom. The molecule has 4 heteroatoms. The third-order valence-corrected chi connectivity index (χ3v) is 1.75. The zero-order valence-corrected chi connectivity index (χ0v) is 8.82. The van der Waals surface area contributed by atoms with Crippen LogP contribution in [0, 0.1) is 0 Å². The number of carbonyl (C=O) groups is 1. The van der Waals surface area contributed by atoms with E-state index in [-0.39, 0.29) is 0 Å². The highest BCUT2D eigenvalue weighted by Crippen LogP contribution is 2.13. The normalized spacial score (nSPS) is 10.5. The topological polar surface area (TPSA) is 32.7 Å². The van der Waals surface area contributed by atoms with Gasteiger partial charge in [-0.1, -0.05) is 0 Å². The van der Waals surface area contributed by atoms with Gasteiger partial charge >= 0.3 is 0 Å². The monoisotopic (exact) mass is 210 g/mol. The van der Waals surface area contributed by atoms with Crippen molar-refractivity contribution in [3.63, 3.8) is 0 Å². The van der Waals surface area contributed by atoms with Gasteiger partial charge in [0.25, 0.3) is 5.24 Å². The molecule has 0 spiro atoms. The summed E-state index contributed by atoms with van der Waals surface area (Å²) in [5.41, 5.74) is 1.27. The van der Waals surface area contributed by atoms with Gasteiger partial charge in [-0.25, -0.2) is 4.99 Å². The summed E-state index contributed by atoms with van der Waals surface area (Å²) in [6.07, 6.45) is 1.69. The minimum atomic E-state index is -0.451. The van der Waals surface area contributed by atoms with Gasteiger partial charge in [0.1, 0.15) is 0 Å². The molecule has 74 valence electrons. The van der Waals surface area contributed by atoms with E-state index in [0.29, 0.717) is 5.56 Å². The number of nitrogens with zero attached hydrogens (tertiary/aromatic N) is 2. The highest BCUT2D eigenvalue weighted by Gasteiger charge is 1.99. The van der Waals surface area contributed by atoms with Crippen molar-refractivity contribution in [1.29, 1.82) is 0 Å². The van der Waals surface area contributed by atoms with Crippen LogP contribution in [0.1, 0.15) is 10.4 Å². The lowest BCUT2D eigenvalue weighted by molar-refractivity contribution is 0.108. The average Bonchev–Trinajstić information content (AvgIpc) is 2.15. The molecule has 0 amide bonds. The van der Waals surface area contributed by atoms with Crippen molar-refractivity contribution in [3.05, 3.63) is 29.8 Å². The van der Waals surface area contributed by atoms with Gasteiger partial charge in [-0.15, -0.1) is 0 Å². The maximum atomic E-state index is 10.7. The van der Waals surface area contributed by atoms with E-state index in [1.165, 1.54) is 0 Å². The molecule has 1 aromatic rings. The molecule has 0 unspecified atom stereocenters. The fraction of sp³-hybridized carbons (Fsp3) is 0.200. The highest BCUT2D eigenvalue weighted by molar-refractivity contribution is 6.67. The zero-order valence-electron chi connectivity index (χ0n) is 8.07. The number of hydrogen-bond donors (Lipinski definition) is 0. The van der Waals surface area contributed by atoms with E-state index in [9.17, 15) is 4.79 Å². The molecule has 0 aromatic heterocycles. The number of aliphatic imine (C=N–C) groups is 1. The Kier molecular flexibility index (Phi) is 3.65. The lowest BCUT2D eigenvalue weighted by Crippen LogP contribution is -2.06. The summed E-state index contributed by atoms with van der Waals surface area (Å²) in [5, 5.41) is -0.451. The van der Waals surface area contributed by atoms with Crippen LogP contribution in [0.2, 0.25) is 0 Å². The third kappa shape index (κ3) is 3.18. The lowest BCUT2D eigenvalue weighted by Gasteiger charge is -2.02. The summed E-state index contributed by atoms with van der Waals surface area (Å²) in [7, 11) is 3.78. The molecule has 1 rings (SSSR count). The summed E-state index contributed by atoms with van der Waals surface area (Å²) >= 11 is 5.30. The van der Waals surface area contributed by atoms with Crippen molar-refractivity contribution in [2.45, 2.75) is 0 Å². The molecule has 3 nitrogen and oxygen atoms in total. The predicted octanol–water partition coefficient (Wildman–Crippen LogP) is 2.29. The first-order chi connectivity index (χ1) is 6.59. The maximum absolute atomic E-state index is 10.7. The lowest BCUT2D eigenvalue weighted by atomic mass is 10.2. The summed E-state index contributed by atoms with van der Waals surface area (Å²) < 4.78 is 0. The molecule has 0 atom stereocenters. The van der Waals surface area contributed by atoms with Crippen LogP contribution in [-0.4, -0.2) is 30.6 Å². The molecule has 0 saturated carbocycles. The molecule has 0 saturated heterocycles. The Labute approximate surface area is 88.0 Å². The zero-order chi connectivity index (χ0) is 10.6. The Morgan fingerprint density at radius 2 is 1.93 bits per heavy atom. The summed E-state index contributed by atoms with van der Waals surface area (Å²) in [6.45, 7) is 0. The SMILES string of the molecule is CN(C)C=Nc1ccc(C(=O)Cl)cc1. The molecule has 1 aromatic carbocycles. The van der Waals surface area contributed by atoms with Gasteiger partial charge < -0.3 is 4.90 Å². The van der Waals surface area contributed by atoms with Crippen molar-refractivity contribution in [2.75, 3.05) is 14.1 Å². The maximum Gasteiger partial charge on any atom is 0.252 e. The Morgan fingerprint density at radius 3 is 2.36 bits per heavy atom. The van der Waals surface area contributed by atoms with Crippen LogP contribution in [0.15, 0.2) is 29.3 Å². The first-order valence-corrected chi connectivity index (χ1v) is 4.48. The number of benzene rings is 1. The molecule has 0 bridgehead atoms. The molecule has 0 fully saturated rings. The van der Waals surface area contributed by atoms with E-state index >= 15 is 0 Å².